The SMILES string of the molecule is CN(CC(F)(F)F)C(=O)C1CCCN1C(=O)Cc1ccccc1. The van der Waals surface area contributed by atoms with E-state index in [1.54, 1.807) is 12.1 Å². The van der Waals surface area contributed by atoms with Crippen LogP contribution in [0.25, 0.3) is 0 Å². The monoisotopic (exact) mass is 328 g/mol. The molecule has 1 heterocycles. The van der Waals surface area contributed by atoms with Crippen molar-refractivity contribution < 1.29 is 22.8 Å². The highest BCUT2D eigenvalue weighted by Gasteiger charge is 2.38. The van der Waals surface area contributed by atoms with Crippen molar-refractivity contribution in [2.75, 3.05) is 20.1 Å². The Labute approximate surface area is 132 Å². The molecule has 126 valence electrons. The molecule has 0 bridgehead atoms. The lowest BCUT2D eigenvalue weighted by Gasteiger charge is -2.28. The molecule has 1 atom stereocenters. The largest absolute Gasteiger partial charge is 0.406 e. The number of hydrogen-bond acceptors (Lipinski definition) is 2. The Morgan fingerprint density at radius 1 is 1.26 bits per heavy atom. The molecule has 0 saturated carbocycles. The normalized spacial score (nSPS) is 18.1. The van der Waals surface area contributed by atoms with Crippen LogP contribution in [-0.4, -0.2) is 54.0 Å². The molecular weight excluding hydrogens is 309 g/mol. The summed E-state index contributed by atoms with van der Waals surface area (Å²) >= 11 is 0. The summed E-state index contributed by atoms with van der Waals surface area (Å²) in [5.41, 5.74) is 0.819. The van der Waals surface area contributed by atoms with Gasteiger partial charge in [0, 0.05) is 13.6 Å². The maximum absolute atomic E-state index is 12.4. The van der Waals surface area contributed by atoms with E-state index >= 15 is 0 Å². The van der Waals surface area contributed by atoms with Gasteiger partial charge < -0.3 is 9.80 Å². The molecule has 4 nitrogen and oxygen atoms in total. The molecule has 0 aliphatic carbocycles. The van der Waals surface area contributed by atoms with Crippen molar-refractivity contribution in [3.8, 4) is 0 Å². The minimum atomic E-state index is -4.44. The Kier molecular flexibility index (Phi) is 5.28. The van der Waals surface area contributed by atoms with Crippen LogP contribution in [0.5, 0.6) is 0 Å². The van der Waals surface area contributed by atoms with Gasteiger partial charge in [-0.15, -0.1) is 0 Å². The van der Waals surface area contributed by atoms with Crippen molar-refractivity contribution in [2.24, 2.45) is 0 Å². The zero-order valence-electron chi connectivity index (χ0n) is 12.8. The zero-order chi connectivity index (χ0) is 17.0. The fourth-order valence-corrected chi connectivity index (χ4v) is 2.80. The Bertz CT molecular complexity index is 560. The van der Waals surface area contributed by atoms with E-state index in [9.17, 15) is 22.8 Å². The molecular formula is C16H19F3N2O2. The molecule has 1 saturated heterocycles. The third-order valence-corrected chi connectivity index (χ3v) is 3.85. The Balaban J connectivity index is 2.01. The summed E-state index contributed by atoms with van der Waals surface area (Å²) in [4.78, 5) is 26.6. The van der Waals surface area contributed by atoms with Gasteiger partial charge in [-0.2, -0.15) is 13.2 Å². The molecule has 1 aromatic rings. The molecule has 0 N–H and O–H groups in total. The Hall–Kier alpha value is -2.05. The Morgan fingerprint density at radius 2 is 1.91 bits per heavy atom. The maximum atomic E-state index is 12.4. The fraction of sp³-hybridized carbons (Fsp3) is 0.500. The van der Waals surface area contributed by atoms with Crippen molar-refractivity contribution in [3.05, 3.63) is 35.9 Å². The quantitative estimate of drug-likeness (QED) is 0.850. The fourth-order valence-electron chi connectivity index (χ4n) is 2.80. The van der Waals surface area contributed by atoms with E-state index in [4.69, 9.17) is 0 Å². The van der Waals surface area contributed by atoms with Gasteiger partial charge in [-0.1, -0.05) is 30.3 Å². The van der Waals surface area contributed by atoms with E-state index in [1.807, 2.05) is 18.2 Å². The first-order chi connectivity index (χ1) is 10.8. The minimum Gasteiger partial charge on any atom is -0.335 e. The lowest BCUT2D eigenvalue weighted by atomic mass is 10.1. The number of carbonyl (C=O) groups excluding carboxylic acids is 2. The first-order valence-electron chi connectivity index (χ1n) is 7.43. The van der Waals surface area contributed by atoms with Crippen LogP contribution in [0.15, 0.2) is 30.3 Å². The summed E-state index contributed by atoms with van der Waals surface area (Å²) < 4.78 is 37.3. The number of carbonyl (C=O) groups is 2. The molecule has 0 radical (unpaired) electrons. The van der Waals surface area contributed by atoms with Gasteiger partial charge in [-0.25, -0.2) is 0 Å². The number of hydrogen-bond donors (Lipinski definition) is 0. The van der Waals surface area contributed by atoms with Crippen molar-refractivity contribution in [1.29, 1.82) is 0 Å². The van der Waals surface area contributed by atoms with Gasteiger partial charge in [0.25, 0.3) is 0 Å². The molecule has 2 amide bonds. The van der Waals surface area contributed by atoms with E-state index < -0.39 is 24.7 Å². The van der Waals surface area contributed by atoms with Crippen LogP contribution in [0.3, 0.4) is 0 Å². The summed E-state index contributed by atoms with van der Waals surface area (Å²) in [6.45, 7) is -0.898. The first-order valence-corrected chi connectivity index (χ1v) is 7.43. The van der Waals surface area contributed by atoms with Gasteiger partial charge in [-0.3, -0.25) is 9.59 Å². The topological polar surface area (TPSA) is 40.6 Å². The number of benzene rings is 1. The van der Waals surface area contributed by atoms with E-state index in [0.29, 0.717) is 24.3 Å². The summed E-state index contributed by atoms with van der Waals surface area (Å²) in [5, 5.41) is 0. The van der Waals surface area contributed by atoms with Crippen molar-refractivity contribution in [3.63, 3.8) is 0 Å². The zero-order valence-corrected chi connectivity index (χ0v) is 12.8. The molecule has 23 heavy (non-hydrogen) atoms. The molecule has 7 heteroatoms. The molecule has 2 rings (SSSR count). The van der Waals surface area contributed by atoms with Crippen LogP contribution in [0, 0.1) is 0 Å². The number of nitrogens with zero attached hydrogens (tertiary/aromatic N) is 2. The molecule has 1 aliphatic rings. The second kappa shape index (κ2) is 7.02. The number of likely N-dealkylation sites (tertiary alicyclic amines) is 1. The summed E-state index contributed by atoms with van der Waals surface area (Å²) in [6, 6.07) is 8.28. The predicted octanol–water partition coefficient (Wildman–Crippen LogP) is 2.24. The van der Waals surface area contributed by atoms with Crippen LogP contribution in [0.1, 0.15) is 18.4 Å². The van der Waals surface area contributed by atoms with E-state index in [2.05, 4.69) is 0 Å². The molecule has 0 spiro atoms. The minimum absolute atomic E-state index is 0.146. The van der Waals surface area contributed by atoms with Crippen LogP contribution in [0.4, 0.5) is 13.2 Å². The van der Waals surface area contributed by atoms with E-state index in [-0.39, 0.29) is 12.3 Å². The van der Waals surface area contributed by atoms with Gasteiger partial charge in [0.05, 0.1) is 6.42 Å². The third kappa shape index (κ3) is 4.71. The predicted molar refractivity (Wildman–Crippen MR) is 78.6 cm³/mol. The second-order valence-electron chi connectivity index (χ2n) is 5.72. The smallest absolute Gasteiger partial charge is 0.335 e. The van der Waals surface area contributed by atoms with Gasteiger partial charge in [0.1, 0.15) is 12.6 Å². The van der Waals surface area contributed by atoms with Crippen molar-refractivity contribution in [1.82, 2.24) is 9.80 Å². The van der Waals surface area contributed by atoms with Crippen molar-refractivity contribution in [2.45, 2.75) is 31.5 Å². The molecule has 1 aromatic carbocycles. The average molecular weight is 328 g/mol. The van der Waals surface area contributed by atoms with Crippen LogP contribution in [0.2, 0.25) is 0 Å². The number of amides is 2. The summed E-state index contributed by atoms with van der Waals surface area (Å²) in [6.07, 6.45) is -3.27. The lowest BCUT2D eigenvalue weighted by molar-refractivity contribution is -0.162. The molecule has 0 aromatic heterocycles. The van der Waals surface area contributed by atoms with Gasteiger partial charge >= 0.3 is 6.18 Å². The standard InChI is InChI=1S/C16H19F3N2O2/c1-20(11-16(17,18)19)15(23)13-8-5-9-21(13)14(22)10-12-6-3-2-4-7-12/h2-4,6-7,13H,5,8-11H2,1H3. The summed E-state index contributed by atoms with van der Waals surface area (Å²) in [5.74, 6) is -0.881. The summed E-state index contributed by atoms with van der Waals surface area (Å²) in [7, 11) is 1.12. The van der Waals surface area contributed by atoms with Crippen LogP contribution in [-0.2, 0) is 16.0 Å². The maximum Gasteiger partial charge on any atom is 0.406 e. The molecule has 1 fully saturated rings. The number of rotatable bonds is 4. The second-order valence-corrected chi connectivity index (χ2v) is 5.72. The highest BCUT2D eigenvalue weighted by atomic mass is 19.4. The number of halogens is 3. The highest BCUT2D eigenvalue weighted by Crippen LogP contribution is 2.22. The van der Waals surface area contributed by atoms with E-state index in [1.165, 1.54) is 4.90 Å². The lowest BCUT2D eigenvalue weighted by Crippen LogP contribution is -2.49. The Morgan fingerprint density at radius 3 is 2.52 bits per heavy atom. The van der Waals surface area contributed by atoms with Crippen LogP contribution >= 0.6 is 0 Å². The van der Waals surface area contributed by atoms with Crippen molar-refractivity contribution >= 4 is 11.8 Å². The van der Waals surface area contributed by atoms with Gasteiger partial charge in [0.15, 0.2) is 0 Å². The van der Waals surface area contributed by atoms with Gasteiger partial charge in [0.2, 0.25) is 11.8 Å². The highest BCUT2D eigenvalue weighted by molar-refractivity contribution is 5.89. The average Bonchev–Trinajstić information content (AvgIpc) is 2.95. The number of likely N-dealkylation sites (N-methyl/N-ethyl adjacent to an activating group) is 1. The number of alkyl halides is 3. The van der Waals surface area contributed by atoms with E-state index in [0.717, 1.165) is 12.6 Å². The molecule has 1 unspecified atom stereocenters. The van der Waals surface area contributed by atoms with Gasteiger partial charge in [-0.05, 0) is 18.4 Å². The van der Waals surface area contributed by atoms with Crippen LogP contribution < -0.4 is 0 Å². The molecule has 1 aliphatic heterocycles. The first kappa shape index (κ1) is 17.3. The third-order valence-electron chi connectivity index (χ3n) is 3.85.